The van der Waals surface area contributed by atoms with Crippen LogP contribution in [0.4, 0.5) is 11.6 Å². The van der Waals surface area contributed by atoms with Crippen molar-refractivity contribution in [2.75, 3.05) is 23.7 Å². The number of pyridine rings is 3. The number of carbonyl (C=O) groups is 1. The first kappa shape index (κ1) is 22.7. The van der Waals surface area contributed by atoms with E-state index < -0.39 is 5.97 Å². The molecule has 0 aliphatic carbocycles. The Morgan fingerprint density at radius 2 is 1.84 bits per heavy atom. The lowest BCUT2D eigenvalue weighted by atomic mass is 9.98. The molecule has 9 nitrogen and oxygen atoms in total. The maximum atomic E-state index is 11.5. The van der Waals surface area contributed by atoms with Crippen molar-refractivity contribution in [1.29, 1.82) is 0 Å². The second-order valence-electron chi connectivity index (χ2n) is 9.11. The van der Waals surface area contributed by atoms with Crippen LogP contribution in [0.2, 0.25) is 0 Å². The Morgan fingerprint density at radius 3 is 2.59 bits per heavy atom. The molecule has 9 heteroatoms. The summed E-state index contributed by atoms with van der Waals surface area (Å²) in [5.74, 6) is 0.606. The van der Waals surface area contributed by atoms with E-state index in [1.54, 1.807) is 12.4 Å². The zero-order valence-electron chi connectivity index (χ0n) is 20.0. The highest BCUT2D eigenvalue weighted by atomic mass is 16.4. The molecule has 1 unspecified atom stereocenters. The van der Waals surface area contributed by atoms with Crippen LogP contribution in [0, 0.1) is 5.92 Å². The monoisotopic (exact) mass is 491 g/mol. The fourth-order valence-electron chi connectivity index (χ4n) is 4.84. The second kappa shape index (κ2) is 9.34. The number of nitrogen functional groups attached to an aromatic ring is 1. The summed E-state index contributed by atoms with van der Waals surface area (Å²) in [6.07, 6.45) is 4.93. The molecule has 6 rings (SSSR count). The SMILES string of the molecule is Nc1ncccc1-c1nc2ccc(-c3ccccc3)nc2n1-c1ccc(N2CCCC(C(=O)O)C2)nc1. The molecule has 4 aromatic heterocycles. The zero-order valence-corrected chi connectivity index (χ0v) is 20.0. The molecular weight excluding hydrogens is 466 g/mol. The van der Waals surface area contributed by atoms with E-state index in [1.165, 1.54) is 0 Å². The van der Waals surface area contributed by atoms with Gasteiger partial charge in [0.1, 0.15) is 17.2 Å². The summed E-state index contributed by atoms with van der Waals surface area (Å²) in [5, 5.41) is 9.46. The van der Waals surface area contributed by atoms with Crippen LogP contribution in [0.15, 0.2) is 79.1 Å². The molecule has 0 spiro atoms. The number of nitrogens with two attached hydrogens (primary N) is 1. The number of benzene rings is 1. The van der Waals surface area contributed by atoms with Crippen molar-refractivity contribution < 1.29 is 9.90 Å². The summed E-state index contributed by atoms with van der Waals surface area (Å²) >= 11 is 0. The van der Waals surface area contributed by atoms with E-state index in [9.17, 15) is 9.90 Å². The van der Waals surface area contributed by atoms with Crippen molar-refractivity contribution in [3.8, 4) is 28.3 Å². The number of hydrogen-bond acceptors (Lipinski definition) is 7. The van der Waals surface area contributed by atoms with E-state index >= 15 is 0 Å². The average Bonchev–Trinajstić information content (AvgIpc) is 3.32. The van der Waals surface area contributed by atoms with E-state index in [1.807, 2.05) is 76.2 Å². The fraction of sp³-hybridized carbons (Fsp3) is 0.179. The fourth-order valence-corrected chi connectivity index (χ4v) is 4.84. The molecule has 1 aliphatic rings. The molecule has 0 amide bonds. The Bertz CT molecular complexity index is 1580. The number of rotatable bonds is 5. The van der Waals surface area contributed by atoms with Crippen LogP contribution in [0.5, 0.6) is 0 Å². The molecule has 0 bridgehead atoms. The maximum absolute atomic E-state index is 11.5. The van der Waals surface area contributed by atoms with Gasteiger partial charge < -0.3 is 15.7 Å². The quantitative estimate of drug-likeness (QED) is 0.370. The number of carboxylic acid groups (broad SMARTS) is 1. The number of aliphatic carboxylic acids is 1. The van der Waals surface area contributed by atoms with Crippen LogP contribution >= 0.6 is 0 Å². The molecule has 5 aromatic rings. The van der Waals surface area contributed by atoms with E-state index in [0.29, 0.717) is 35.8 Å². The number of imidazole rings is 1. The summed E-state index contributed by atoms with van der Waals surface area (Å²) in [5.41, 5.74) is 11.0. The van der Waals surface area contributed by atoms with Crippen LogP contribution in [-0.4, -0.2) is 48.7 Å². The van der Waals surface area contributed by atoms with Crippen LogP contribution in [0.1, 0.15) is 12.8 Å². The molecule has 1 aromatic carbocycles. The Hall–Kier alpha value is -4.79. The largest absolute Gasteiger partial charge is 0.481 e. The third-order valence-electron chi connectivity index (χ3n) is 6.74. The van der Waals surface area contributed by atoms with Crippen molar-refractivity contribution in [3.05, 3.63) is 79.1 Å². The predicted octanol–water partition coefficient (Wildman–Crippen LogP) is 4.43. The zero-order chi connectivity index (χ0) is 25.4. The minimum absolute atomic E-state index is 0.375. The first-order valence-electron chi connectivity index (χ1n) is 12.2. The topological polar surface area (TPSA) is 123 Å². The Morgan fingerprint density at radius 1 is 0.973 bits per heavy atom. The lowest BCUT2D eigenvalue weighted by Crippen LogP contribution is -2.39. The van der Waals surface area contributed by atoms with Gasteiger partial charge in [-0.25, -0.2) is 19.9 Å². The number of anilines is 2. The summed E-state index contributed by atoms with van der Waals surface area (Å²) in [6, 6.07) is 21.5. The number of fused-ring (bicyclic) bond motifs is 1. The van der Waals surface area contributed by atoms with Crippen LogP contribution in [0.25, 0.3) is 39.5 Å². The Kier molecular flexibility index (Phi) is 5.72. The van der Waals surface area contributed by atoms with Gasteiger partial charge in [0, 0.05) is 24.8 Å². The maximum Gasteiger partial charge on any atom is 0.308 e. The van der Waals surface area contributed by atoms with Crippen molar-refractivity contribution >= 4 is 28.8 Å². The third kappa shape index (κ3) is 4.24. The molecular formula is C28H25N7O2. The molecule has 5 heterocycles. The predicted molar refractivity (Wildman–Crippen MR) is 142 cm³/mol. The van der Waals surface area contributed by atoms with Crippen molar-refractivity contribution in [2.24, 2.45) is 5.92 Å². The molecule has 1 fully saturated rings. The summed E-state index contributed by atoms with van der Waals surface area (Å²) in [7, 11) is 0. The van der Waals surface area contributed by atoms with Gasteiger partial charge in [-0.05, 0) is 49.2 Å². The summed E-state index contributed by atoms with van der Waals surface area (Å²) in [6.45, 7) is 1.23. The average molecular weight is 492 g/mol. The summed E-state index contributed by atoms with van der Waals surface area (Å²) in [4.78, 5) is 32.4. The van der Waals surface area contributed by atoms with Crippen LogP contribution < -0.4 is 10.6 Å². The van der Waals surface area contributed by atoms with Gasteiger partial charge in [0.25, 0.3) is 0 Å². The minimum atomic E-state index is -0.759. The van der Waals surface area contributed by atoms with E-state index in [-0.39, 0.29) is 5.92 Å². The molecule has 0 radical (unpaired) electrons. The first-order valence-corrected chi connectivity index (χ1v) is 12.2. The number of nitrogens with zero attached hydrogens (tertiary/aromatic N) is 6. The first-order chi connectivity index (χ1) is 18.1. The molecule has 1 atom stereocenters. The number of piperidine rings is 1. The standard InChI is InChI=1S/C28H25N7O2/c29-25-21(9-4-14-30-25)26-33-23-12-11-22(18-6-2-1-3-7-18)32-27(23)35(26)20-10-13-24(31-16-20)34-15-5-8-19(17-34)28(36)37/h1-4,6-7,9-14,16,19H,5,8,15,17H2,(H2,29,30)(H,36,37). The highest BCUT2D eigenvalue weighted by Crippen LogP contribution is 2.32. The minimum Gasteiger partial charge on any atom is -0.481 e. The van der Waals surface area contributed by atoms with Gasteiger partial charge in [-0.15, -0.1) is 0 Å². The summed E-state index contributed by atoms with van der Waals surface area (Å²) < 4.78 is 1.95. The smallest absolute Gasteiger partial charge is 0.308 e. The third-order valence-corrected chi connectivity index (χ3v) is 6.74. The second-order valence-corrected chi connectivity index (χ2v) is 9.11. The lowest BCUT2D eigenvalue weighted by molar-refractivity contribution is -0.141. The van der Waals surface area contributed by atoms with E-state index in [2.05, 4.69) is 4.98 Å². The van der Waals surface area contributed by atoms with Gasteiger partial charge in [0.05, 0.1) is 29.1 Å². The number of hydrogen-bond donors (Lipinski definition) is 2. The molecule has 1 aliphatic heterocycles. The number of carboxylic acids is 1. The van der Waals surface area contributed by atoms with Gasteiger partial charge in [0.15, 0.2) is 11.5 Å². The van der Waals surface area contributed by atoms with Gasteiger partial charge in [0.2, 0.25) is 0 Å². The lowest BCUT2D eigenvalue weighted by Gasteiger charge is -2.31. The molecule has 1 saturated heterocycles. The highest BCUT2D eigenvalue weighted by molar-refractivity contribution is 5.84. The van der Waals surface area contributed by atoms with E-state index in [0.717, 1.165) is 41.2 Å². The van der Waals surface area contributed by atoms with Gasteiger partial charge >= 0.3 is 5.97 Å². The van der Waals surface area contributed by atoms with Gasteiger partial charge in [-0.1, -0.05) is 30.3 Å². The van der Waals surface area contributed by atoms with Crippen molar-refractivity contribution in [3.63, 3.8) is 0 Å². The Balaban J connectivity index is 1.47. The molecule has 0 saturated carbocycles. The van der Waals surface area contributed by atoms with Gasteiger partial charge in [-0.2, -0.15) is 0 Å². The highest BCUT2D eigenvalue weighted by Gasteiger charge is 2.26. The molecule has 37 heavy (non-hydrogen) atoms. The van der Waals surface area contributed by atoms with Crippen molar-refractivity contribution in [2.45, 2.75) is 12.8 Å². The van der Waals surface area contributed by atoms with Gasteiger partial charge in [-0.3, -0.25) is 9.36 Å². The number of aromatic nitrogens is 5. The van der Waals surface area contributed by atoms with Crippen LogP contribution in [0.3, 0.4) is 0 Å². The van der Waals surface area contributed by atoms with Crippen LogP contribution in [-0.2, 0) is 4.79 Å². The van der Waals surface area contributed by atoms with Crippen molar-refractivity contribution in [1.82, 2.24) is 24.5 Å². The molecule has 184 valence electrons. The molecule has 3 N–H and O–H groups in total. The van der Waals surface area contributed by atoms with E-state index in [4.69, 9.17) is 20.7 Å². The Labute approximate surface area is 213 Å². The normalized spacial score (nSPS) is 15.7.